The van der Waals surface area contributed by atoms with E-state index in [4.69, 9.17) is 10.6 Å². The van der Waals surface area contributed by atoms with Crippen LogP contribution in [0.25, 0.3) is 0 Å². The molecule has 0 spiro atoms. The lowest BCUT2D eigenvalue weighted by molar-refractivity contribution is -0.274. The van der Waals surface area contributed by atoms with E-state index in [1.807, 2.05) is 12.1 Å². The molecule has 162 valence electrons. The standard InChI is InChI=1S/C19H20F3N3O4S/c20-19(21,22)29-17-5-7-18(8-6-17)30(26,27)25-11-9-16(10-12-25)24-28-13-14-1-3-15(23)4-2-14/h1-9,24H,10-13,23H2. The van der Waals surface area contributed by atoms with Crippen LogP contribution in [0.3, 0.4) is 0 Å². The number of rotatable bonds is 7. The van der Waals surface area contributed by atoms with E-state index in [2.05, 4.69) is 10.2 Å². The maximum absolute atomic E-state index is 12.7. The Kier molecular flexibility index (Phi) is 6.54. The number of halogens is 3. The highest BCUT2D eigenvalue weighted by molar-refractivity contribution is 7.89. The van der Waals surface area contributed by atoms with Crippen LogP contribution >= 0.6 is 0 Å². The minimum absolute atomic E-state index is 0.108. The van der Waals surface area contributed by atoms with Gasteiger partial charge in [0.15, 0.2) is 0 Å². The van der Waals surface area contributed by atoms with Crippen molar-refractivity contribution in [3.8, 4) is 5.75 Å². The van der Waals surface area contributed by atoms with Crippen LogP contribution in [0.5, 0.6) is 5.75 Å². The molecule has 0 saturated heterocycles. The molecule has 2 aromatic carbocycles. The van der Waals surface area contributed by atoms with Crippen LogP contribution in [0.15, 0.2) is 65.2 Å². The minimum atomic E-state index is -4.84. The molecule has 30 heavy (non-hydrogen) atoms. The molecule has 11 heteroatoms. The second kappa shape index (κ2) is 8.94. The first-order valence-electron chi connectivity index (χ1n) is 8.91. The lowest BCUT2D eigenvalue weighted by Crippen LogP contribution is -2.36. The predicted octanol–water partition coefficient (Wildman–Crippen LogP) is 3.17. The molecule has 1 heterocycles. The lowest BCUT2D eigenvalue weighted by atomic mass is 10.2. The van der Waals surface area contributed by atoms with Crippen LogP contribution in [0, 0.1) is 0 Å². The van der Waals surface area contributed by atoms with Crippen LogP contribution in [-0.4, -0.2) is 32.2 Å². The first kappa shape index (κ1) is 21.9. The normalized spacial score (nSPS) is 15.5. The molecule has 1 aliphatic rings. The summed E-state index contributed by atoms with van der Waals surface area (Å²) in [6.07, 6.45) is -2.75. The molecule has 3 N–H and O–H groups in total. The van der Waals surface area contributed by atoms with Gasteiger partial charge in [-0.2, -0.15) is 4.31 Å². The summed E-state index contributed by atoms with van der Waals surface area (Å²) in [7, 11) is -3.84. The quantitative estimate of drug-likeness (QED) is 0.504. The van der Waals surface area contributed by atoms with E-state index in [-0.39, 0.29) is 18.0 Å². The van der Waals surface area contributed by atoms with Gasteiger partial charge in [0.2, 0.25) is 10.0 Å². The summed E-state index contributed by atoms with van der Waals surface area (Å²) < 4.78 is 67.1. The molecule has 0 aromatic heterocycles. The van der Waals surface area contributed by atoms with Gasteiger partial charge in [-0.25, -0.2) is 8.42 Å². The highest BCUT2D eigenvalue weighted by Crippen LogP contribution is 2.26. The van der Waals surface area contributed by atoms with Crippen molar-refractivity contribution in [1.82, 2.24) is 9.79 Å². The molecule has 1 aliphatic heterocycles. The van der Waals surface area contributed by atoms with E-state index in [0.717, 1.165) is 35.5 Å². The van der Waals surface area contributed by atoms with E-state index < -0.39 is 22.1 Å². The van der Waals surface area contributed by atoms with Gasteiger partial charge < -0.3 is 10.5 Å². The van der Waals surface area contributed by atoms with Crippen molar-refractivity contribution in [3.63, 3.8) is 0 Å². The van der Waals surface area contributed by atoms with Crippen molar-refractivity contribution in [2.75, 3.05) is 18.8 Å². The van der Waals surface area contributed by atoms with Crippen LogP contribution in [-0.2, 0) is 21.5 Å². The molecule has 7 nitrogen and oxygen atoms in total. The summed E-state index contributed by atoms with van der Waals surface area (Å²) >= 11 is 0. The van der Waals surface area contributed by atoms with Gasteiger partial charge in [-0.1, -0.05) is 12.1 Å². The highest BCUT2D eigenvalue weighted by Gasteiger charge is 2.31. The Hall–Kier alpha value is -2.76. The second-order valence-electron chi connectivity index (χ2n) is 6.49. The maximum Gasteiger partial charge on any atom is 0.573 e. The van der Waals surface area contributed by atoms with Crippen molar-refractivity contribution >= 4 is 15.7 Å². The Bertz CT molecular complexity index is 991. The predicted molar refractivity (Wildman–Crippen MR) is 103 cm³/mol. The topological polar surface area (TPSA) is 93.9 Å². The van der Waals surface area contributed by atoms with Crippen LogP contribution in [0.4, 0.5) is 18.9 Å². The zero-order chi connectivity index (χ0) is 21.8. The highest BCUT2D eigenvalue weighted by atomic mass is 32.2. The number of hydrogen-bond acceptors (Lipinski definition) is 6. The van der Waals surface area contributed by atoms with E-state index in [1.165, 1.54) is 4.31 Å². The Morgan fingerprint density at radius 1 is 1.07 bits per heavy atom. The molecule has 0 radical (unpaired) electrons. The van der Waals surface area contributed by atoms with Gasteiger partial charge in [0.25, 0.3) is 0 Å². The first-order chi connectivity index (χ1) is 14.1. The molecule has 0 unspecified atom stereocenters. The van der Waals surface area contributed by atoms with Gasteiger partial charge in [0.1, 0.15) is 5.75 Å². The Labute approximate surface area is 171 Å². The van der Waals surface area contributed by atoms with Crippen molar-refractivity contribution in [2.45, 2.75) is 24.3 Å². The van der Waals surface area contributed by atoms with E-state index in [0.29, 0.717) is 18.7 Å². The van der Waals surface area contributed by atoms with Crippen LogP contribution in [0.2, 0.25) is 0 Å². The summed E-state index contributed by atoms with van der Waals surface area (Å²) in [6, 6.07) is 11.3. The Morgan fingerprint density at radius 2 is 1.73 bits per heavy atom. The number of nitrogens with zero attached hydrogens (tertiary/aromatic N) is 1. The largest absolute Gasteiger partial charge is 0.573 e. The molecule has 2 aromatic rings. The van der Waals surface area contributed by atoms with Gasteiger partial charge in [0, 0.05) is 30.9 Å². The number of nitrogens with one attached hydrogen (secondary N) is 1. The third kappa shape index (κ3) is 5.88. The van der Waals surface area contributed by atoms with Crippen molar-refractivity contribution in [1.29, 1.82) is 0 Å². The zero-order valence-electron chi connectivity index (χ0n) is 15.7. The number of sulfonamides is 1. The number of nitrogen functional groups attached to an aromatic ring is 1. The van der Waals surface area contributed by atoms with Gasteiger partial charge >= 0.3 is 6.36 Å². The average molecular weight is 443 g/mol. The van der Waals surface area contributed by atoms with Crippen molar-refractivity contribution < 1.29 is 31.2 Å². The molecule has 0 aliphatic carbocycles. The van der Waals surface area contributed by atoms with Crippen molar-refractivity contribution in [3.05, 3.63) is 65.9 Å². The smallest absolute Gasteiger partial charge is 0.406 e. The number of hydrogen-bond donors (Lipinski definition) is 2. The van der Waals surface area contributed by atoms with Crippen LogP contribution < -0.4 is 16.0 Å². The number of anilines is 1. The van der Waals surface area contributed by atoms with Gasteiger partial charge in [0.05, 0.1) is 11.5 Å². The summed E-state index contributed by atoms with van der Waals surface area (Å²) in [4.78, 5) is 5.31. The molecule has 3 rings (SSSR count). The number of benzene rings is 2. The van der Waals surface area contributed by atoms with Crippen molar-refractivity contribution in [2.24, 2.45) is 0 Å². The monoisotopic (exact) mass is 443 g/mol. The fourth-order valence-corrected chi connectivity index (χ4v) is 4.13. The van der Waals surface area contributed by atoms with Gasteiger partial charge in [-0.3, -0.25) is 10.3 Å². The average Bonchev–Trinajstić information content (AvgIpc) is 2.69. The molecule has 0 amide bonds. The van der Waals surface area contributed by atoms with Gasteiger partial charge in [-0.15, -0.1) is 13.2 Å². The van der Waals surface area contributed by atoms with Gasteiger partial charge in [-0.05, 0) is 48.0 Å². The first-order valence-corrected chi connectivity index (χ1v) is 10.3. The summed E-state index contributed by atoms with van der Waals surface area (Å²) in [5.41, 5.74) is 10.8. The molecular weight excluding hydrogens is 423 g/mol. The summed E-state index contributed by atoms with van der Waals surface area (Å²) in [5, 5.41) is 0. The summed E-state index contributed by atoms with van der Waals surface area (Å²) in [6.45, 7) is 0.621. The molecule has 0 bridgehead atoms. The lowest BCUT2D eigenvalue weighted by Gasteiger charge is -2.26. The Morgan fingerprint density at radius 3 is 2.30 bits per heavy atom. The number of alkyl halides is 3. The minimum Gasteiger partial charge on any atom is -0.406 e. The third-order valence-corrected chi connectivity index (χ3v) is 6.17. The molecule has 0 fully saturated rings. The van der Waals surface area contributed by atoms with E-state index in [9.17, 15) is 21.6 Å². The van der Waals surface area contributed by atoms with E-state index in [1.54, 1.807) is 18.2 Å². The maximum atomic E-state index is 12.7. The summed E-state index contributed by atoms with van der Waals surface area (Å²) in [5.74, 6) is -0.482. The fraction of sp³-hybridized carbons (Fsp3) is 0.263. The molecule has 0 atom stereocenters. The Balaban J connectivity index is 1.54. The second-order valence-corrected chi connectivity index (χ2v) is 8.43. The zero-order valence-corrected chi connectivity index (χ0v) is 16.5. The fourth-order valence-electron chi connectivity index (χ4n) is 2.75. The van der Waals surface area contributed by atoms with Crippen LogP contribution in [0.1, 0.15) is 12.0 Å². The SMILES string of the molecule is Nc1ccc(CONC2=CCN(S(=O)(=O)c3ccc(OC(F)(F)F)cc3)CC2)cc1. The number of ether oxygens (including phenoxy) is 1. The third-order valence-electron chi connectivity index (χ3n) is 4.29. The number of nitrogens with two attached hydrogens (primary N) is 1. The molecule has 0 saturated carbocycles. The number of hydroxylamine groups is 1. The molecular formula is C19H20F3N3O4S. The van der Waals surface area contributed by atoms with E-state index >= 15 is 0 Å².